The largest absolute Gasteiger partial charge is 0.460 e. The highest BCUT2D eigenvalue weighted by Gasteiger charge is 2.49. The standard InChI is InChI=1S/C15H20N4O3/c20-13-15(3-6-16-7-4-15)8-12(22-13)10-18-14(21)19-11-2-1-5-17-9-11/h1-2,5,9,12,16H,3-4,6-8,10H2,(H2,18,19,21). The second-order valence-electron chi connectivity index (χ2n) is 5.84. The number of amides is 2. The molecule has 0 radical (unpaired) electrons. The van der Waals surface area contributed by atoms with Crippen LogP contribution in [-0.4, -0.2) is 42.7 Å². The normalized spacial score (nSPS) is 23.1. The van der Waals surface area contributed by atoms with Gasteiger partial charge in [-0.2, -0.15) is 0 Å². The highest BCUT2D eigenvalue weighted by Crippen LogP contribution is 2.41. The third-order valence-corrected chi connectivity index (χ3v) is 4.30. The van der Waals surface area contributed by atoms with E-state index in [1.807, 2.05) is 0 Å². The van der Waals surface area contributed by atoms with Gasteiger partial charge < -0.3 is 20.7 Å². The number of esters is 1. The topological polar surface area (TPSA) is 92.4 Å². The predicted octanol–water partition coefficient (Wildman–Crippen LogP) is 0.888. The van der Waals surface area contributed by atoms with Gasteiger partial charge in [-0.05, 0) is 38.1 Å². The van der Waals surface area contributed by atoms with Gasteiger partial charge in [0.1, 0.15) is 6.10 Å². The lowest BCUT2D eigenvalue weighted by molar-refractivity contribution is -0.149. The van der Waals surface area contributed by atoms with Crippen molar-refractivity contribution in [2.75, 3.05) is 25.0 Å². The molecule has 0 saturated carbocycles. The first-order chi connectivity index (χ1) is 10.7. The molecule has 22 heavy (non-hydrogen) atoms. The van der Waals surface area contributed by atoms with Gasteiger partial charge in [0.15, 0.2) is 0 Å². The summed E-state index contributed by atoms with van der Waals surface area (Å²) in [6.07, 6.45) is 5.26. The first kappa shape index (κ1) is 14.8. The molecule has 1 atom stereocenters. The third-order valence-electron chi connectivity index (χ3n) is 4.30. The quantitative estimate of drug-likeness (QED) is 0.721. The van der Waals surface area contributed by atoms with Crippen molar-refractivity contribution in [2.24, 2.45) is 5.41 Å². The fourth-order valence-electron chi connectivity index (χ4n) is 3.08. The van der Waals surface area contributed by atoms with Crippen LogP contribution in [0.2, 0.25) is 0 Å². The predicted molar refractivity (Wildman–Crippen MR) is 80.3 cm³/mol. The van der Waals surface area contributed by atoms with Crippen LogP contribution >= 0.6 is 0 Å². The maximum atomic E-state index is 12.1. The molecular formula is C15H20N4O3. The van der Waals surface area contributed by atoms with E-state index in [9.17, 15) is 9.59 Å². The number of pyridine rings is 1. The SMILES string of the molecule is O=C(NCC1CC2(CCNCC2)C(=O)O1)Nc1cccnc1. The van der Waals surface area contributed by atoms with Gasteiger partial charge in [0.05, 0.1) is 23.8 Å². The monoisotopic (exact) mass is 304 g/mol. The molecule has 2 aliphatic rings. The Labute approximate surface area is 128 Å². The molecule has 0 aliphatic carbocycles. The Balaban J connectivity index is 1.48. The number of nitrogens with zero attached hydrogens (tertiary/aromatic N) is 1. The molecule has 2 saturated heterocycles. The summed E-state index contributed by atoms with van der Waals surface area (Å²) in [7, 11) is 0. The lowest BCUT2D eigenvalue weighted by Crippen LogP contribution is -2.40. The van der Waals surface area contributed by atoms with Gasteiger partial charge in [-0.3, -0.25) is 9.78 Å². The van der Waals surface area contributed by atoms with Gasteiger partial charge in [-0.25, -0.2) is 4.79 Å². The van der Waals surface area contributed by atoms with Gasteiger partial charge in [-0.15, -0.1) is 0 Å². The summed E-state index contributed by atoms with van der Waals surface area (Å²) in [6.45, 7) is 2.01. The van der Waals surface area contributed by atoms with E-state index in [0.717, 1.165) is 25.9 Å². The van der Waals surface area contributed by atoms with E-state index >= 15 is 0 Å². The number of nitrogens with one attached hydrogen (secondary N) is 3. The van der Waals surface area contributed by atoms with Crippen LogP contribution in [0.5, 0.6) is 0 Å². The van der Waals surface area contributed by atoms with Crippen molar-refractivity contribution >= 4 is 17.7 Å². The minimum absolute atomic E-state index is 0.117. The molecule has 3 rings (SSSR count). The smallest absolute Gasteiger partial charge is 0.319 e. The highest BCUT2D eigenvalue weighted by molar-refractivity contribution is 5.89. The van der Waals surface area contributed by atoms with Crippen LogP contribution in [0.1, 0.15) is 19.3 Å². The molecule has 7 nitrogen and oxygen atoms in total. The molecule has 1 unspecified atom stereocenters. The number of urea groups is 1. The van der Waals surface area contributed by atoms with Crippen molar-refractivity contribution in [1.82, 2.24) is 15.6 Å². The van der Waals surface area contributed by atoms with E-state index in [4.69, 9.17) is 4.74 Å². The lowest BCUT2D eigenvalue weighted by atomic mass is 9.76. The average Bonchev–Trinajstić information content (AvgIpc) is 2.83. The van der Waals surface area contributed by atoms with Crippen LogP contribution in [0.25, 0.3) is 0 Å². The molecule has 7 heteroatoms. The molecule has 118 valence electrons. The van der Waals surface area contributed by atoms with Crippen LogP contribution < -0.4 is 16.0 Å². The highest BCUT2D eigenvalue weighted by atomic mass is 16.6. The zero-order chi connectivity index (χ0) is 15.4. The number of aromatic nitrogens is 1. The first-order valence-corrected chi connectivity index (χ1v) is 7.55. The Hall–Kier alpha value is -2.15. The number of hydrogen-bond donors (Lipinski definition) is 3. The number of hydrogen-bond acceptors (Lipinski definition) is 5. The Bertz CT molecular complexity index is 543. The number of carbonyl (C=O) groups is 2. The van der Waals surface area contributed by atoms with E-state index in [1.54, 1.807) is 24.5 Å². The van der Waals surface area contributed by atoms with Crippen LogP contribution in [0.3, 0.4) is 0 Å². The number of rotatable bonds is 3. The van der Waals surface area contributed by atoms with Crippen molar-refractivity contribution in [3.63, 3.8) is 0 Å². The Kier molecular flexibility index (Phi) is 4.24. The van der Waals surface area contributed by atoms with Crippen LogP contribution in [0.4, 0.5) is 10.5 Å². The van der Waals surface area contributed by atoms with Crippen molar-refractivity contribution in [3.05, 3.63) is 24.5 Å². The molecule has 1 aromatic rings. The maximum absolute atomic E-state index is 12.1. The molecule has 3 N–H and O–H groups in total. The molecule has 0 aromatic carbocycles. The zero-order valence-corrected chi connectivity index (χ0v) is 12.3. The zero-order valence-electron chi connectivity index (χ0n) is 12.3. The Morgan fingerprint density at radius 3 is 3.00 bits per heavy atom. The fourth-order valence-corrected chi connectivity index (χ4v) is 3.08. The van der Waals surface area contributed by atoms with Crippen molar-refractivity contribution in [3.8, 4) is 0 Å². The Morgan fingerprint density at radius 1 is 1.45 bits per heavy atom. The van der Waals surface area contributed by atoms with E-state index in [2.05, 4.69) is 20.9 Å². The van der Waals surface area contributed by atoms with Gasteiger partial charge in [0.25, 0.3) is 0 Å². The number of carbonyl (C=O) groups excluding carboxylic acids is 2. The summed E-state index contributed by atoms with van der Waals surface area (Å²) in [4.78, 5) is 27.9. The minimum atomic E-state index is -0.350. The second-order valence-corrected chi connectivity index (χ2v) is 5.84. The lowest BCUT2D eigenvalue weighted by Gasteiger charge is -2.29. The molecule has 1 aromatic heterocycles. The molecule has 2 aliphatic heterocycles. The maximum Gasteiger partial charge on any atom is 0.319 e. The summed E-state index contributed by atoms with van der Waals surface area (Å²) < 4.78 is 5.43. The van der Waals surface area contributed by atoms with Crippen molar-refractivity contribution in [1.29, 1.82) is 0 Å². The van der Waals surface area contributed by atoms with E-state index < -0.39 is 0 Å². The minimum Gasteiger partial charge on any atom is -0.460 e. The average molecular weight is 304 g/mol. The molecule has 2 fully saturated rings. The number of cyclic esters (lactones) is 1. The second kappa shape index (κ2) is 6.31. The third kappa shape index (κ3) is 3.19. The first-order valence-electron chi connectivity index (χ1n) is 7.55. The number of piperidine rings is 1. The van der Waals surface area contributed by atoms with Crippen molar-refractivity contribution in [2.45, 2.75) is 25.4 Å². The van der Waals surface area contributed by atoms with Gasteiger partial charge >= 0.3 is 12.0 Å². The summed E-state index contributed by atoms with van der Waals surface area (Å²) in [6, 6.07) is 3.18. The van der Waals surface area contributed by atoms with Gasteiger partial charge in [0, 0.05) is 12.6 Å². The van der Waals surface area contributed by atoms with Gasteiger partial charge in [-0.1, -0.05) is 0 Å². The van der Waals surface area contributed by atoms with Crippen LogP contribution in [0, 0.1) is 5.41 Å². The van der Waals surface area contributed by atoms with E-state index in [-0.39, 0.29) is 23.5 Å². The molecule has 0 bridgehead atoms. The summed E-state index contributed by atoms with van der Waals surface area (Å²) in [5.41, 5.74) is 0.274. The molecule has 2 amide bonds. The van der Waals surface area contributed by atoms with E-state index in [0.29, 0.717) is 18.7 Å². The molecule has 3 heterocycles. The fraction of sp³-hybridized carbons (Fsp3) is 0.533. The van der Waals surface area contributed by atoms with Crippen molar-refractivity contribution < 1.29 is 14.3 Å². The number of ether oxygens (including phenoxy) is 1. The summed E-state index contributed by atoms with van der Waals surface area (Å²) in [5.74, 6) is -0.117. The van der Waals surface area contributed by atoms with E-state index in [1.165, 1.54) is 0 Å². The molecule has 1 spiro atoms. The summed E-state index contributed by atoms with van der Waals surface area (Å²) in [5, 5.41) is 8.69. The Morgan fingerprint density at radius 2 is 2.27 bits per heavy atom. The summed E-state index contributed by atoms with van der Waals surface area (Å²) >= 11 is 0. The van der Waals surface area contributed by atoms with Crippen LogP contribution in [-0.2, 0) is 9.53 Å². The number of anilines is 1. The van der Waals surface area contributed by atoms with Crippen LogP contribution in [0.15, 0.2) is 24.5 Å². The van der Waals surface area contributed by atoms with Gasteiger partial charge in [0.2, 0.25) is 0 Å². The molecular weight excluding hydrogens is 284 g/mol.